The molecule has 3 nitrogen and oxygen atoms in total. The monoisotopic (exact) mass is 531 g/mol. The predicted molar refractivity (Wildman–Crippen MR) is 138 cm³/mol. The highest BCUT2D eigenvalue weighted by Gasteiger charge is 2.59. The second-order valence-corrected chi connectivity index (χ2v) is 12.8. The van der Waals surface area contributed by atoms with Crippen LogP contribution in [-0.4, -0.2) is 12.1 Å². The molecule has 4 bridgehead atoms. The molecule has 4 atom stereocenters. The van der Waals surface area contributed by atoms with E-state index in [1.165, 1.54) is 44.1 Å². The van der Waals surface area contributed by atoms with Gasteiger partial charge in [0.25, 0.3) is 0 Å². The average Bonchev–Trinajstić information content (AvgIpc) is 2.71. The fraction of sp³-hybridized carbons (Fsp3) is 0.571. The van der Waals surface area contributed by atoms with Gasteiger partial charge in [-0.05, 0) is 114 Å². The van der Waals surface area contributed by atoms with Crippen LogP contribution in [0.5, 0.6) is 11.5 Å². The number of benzene rings is 2. The highest BCUT2D eigenvalue weighted by atomic mass is 79.9. The normalized spacial score (nSPS) is 32.2. The molecule has 2 aromatic rings. The van der Waals surface area contributed by atoms with E-state index in [-0.39, 0.29) is 5.54 Å². The molecule has 0 amide bonds. The summed E-state index contributed by atoms with van der Waals surface area (Å²) in [6, 6.07) is 12.1. The Kier molecular flexibility index (Phi) is 6.25. The Labute approximate surface area is 211 Å². The quantitative estimate of drug-likeness (QED) is 0.374. The van der Waals surface area contributed by atoms with Crippen molar-refractivity contribution in [1.82, 2.24) is 5.32 Å². The Bertz CT molecular complexity index is 1010. The van der Waals surface area contributed by atoms with Gasteiger partial charge in [-0.25, -0.2) is 0 Å². The Hall–Kier alpha value is -1.23. The molecule has 0 radical (unpaired) electrons. The van der Waals surface area contributed by atoms with E-state index < -0.39 is 0 Å². The zero-order valence-corrected chi connectivity index (χ0v) is 22.3. The van der Waals surface area contributed by atoms with Gasteiger partial charge in [0.2, 0.25) is 0 Å². The molecule has 5 heteroatoms. The second-order valence-electron chi connectivity index (χ2n) is 11.5. The van der Waals surface area contributed by atoms with Crippen molar-refractivity contribution in [2.45, 2.75) is 78.0 Å². The Balaban J connectivity index is 1.31. The van der Waals surface area contributed by atoms with Crippen LogP contribution in [0.2, 0.25) is 5.02 Å². The van der Waals surface area contributed by atoms with Crippen LogP contribution in [0.4, 0.5) is 0 Å². The Morgan fingerprint density at radius 2 is 1.67 bits per heavy atom. The second kappa shape index (κ2) is 8.77. The van der Waals surface area contributed by atoms with Crippen molar-refractivity contribution in [2.24, 2.45) is 16.7 Å². The summed E-state index contributed by atoms with van der Waals surface area (Å²) in [7, 11) is 0. The van der Waals surface area contributed by atoms with E-state index in [9.17, 15) is 0 Å². The SMILES string of the molecule is CCOc1cc(CNC23CC4C[C@@](C)(C2)C[C@](C)(C4)C3)cc(Br)c1OCc1ccc(Cl)cc1. The van der Waals surface area contributed by atoms with Gasteiger partial charge in [0.1, 0.15) is 6.61 Å². The Morgan fingerprint density at radius 3 is 2.30 bits per heavy atom. The summed E-state index contributed by atoms with van der Waals surface area (Å²) in [5.74, 6) is 2.44. The van der Waals surface area contributed by atoms with Crippen molar-refractivity contribution in [1.29, 1.82) is 0 Å². The molecule has 0 spiro atoms. The zero-order chi connectivity index (χ0) is 23.3. The van der Waals surface area contributed by atoms with E-state index in [1.54, 1.807) is 0 Å². The lowest BCUT2D eigenvalue weighted by atomic mass is 9.43. The summed E-state index contributed by atoms with van der Waals surface area (Å²) >= 11 is 9.76. The third kappa shape index (κ3) is 4.94. The summed E-state index contributed by atoms with van der Waals surface area (Å²) in [4.78, 5) is 0. The number of hydrogen-bond acceptors (Lipinski definition) is 3. The maximum Gasteiger partial charge on any atom is 0.175 e. The van der Waals surface area contributed by atoms with Crippen LogP contribution in [0.25, 0.3) is 0 Å². The number of rotatable bonds is 8. The van der Waals surface area contributed by atoms with Gasteiger partial charge < -0.3 is 14.8 Å². The highest BCUT2D eigenvalue weighted by molar-refractivity contribution is 9.10. The summed E-state index contributed by atoms with van der Waals surface area (Å²) < 4.78 is 13.1. The van der Waals surface area contributed by atoms with Crippen molar-refractivity contribution < 1.29 is 9.47 Å². The van der Waals surface area contributed by atoms with Crippen molar-refractivity contribution in [2.75, 3.05) is 6.61 Å². The molecule has 2 unspecified atom stereocenters. The fourth-order valence-electron chi connectivity index (χ4n) is 7.80. The van der Waals surface area contributed by atoms with Crippen LogP contribution in [0, 0.1) is 16.7 Å². The van der Waals surface area contributed by atoms with Gasteiger partial charge in [-0.15, -0.1) is 0 Å². The summed E-state index contributed by atoms with van der Waals surface area (Å²) in [5.41, 5.74) is 3.61. The van der Waals surface area contributed by atoms with E-state index >= 15 is 0 Å². The van der Waals surface area contributed by atoms with E-state index in [2.05, 4.69) is 47.2 Å². The van der Waals surface area contributed by atoms with Gasteiger partial charge in [0.15, 0.2) is 11.5 Å². The lowest BCUT2D eigenvalue weighted by Gasteiger charge is -2.65. The number of halogens is 2. The summed E-state index contributed by atoms with van der Waals surface area (Å²) in [5, 5.41) is 4.77. The first-order valence-electron chi connectivity index (χ1n) is 12.3. The minimum absolute atomic E-state index is 0.283. The molecule has 4 saturated carbocycles. The first-order valence-corrected chi connectivity index (χ1v) is 13.4. The molecule has 0 saturated heterocycles. The van der Waals surface area contributed by atoms with E-state index in [4.69, 9.17) is 21.1 Å². The molecule has 0 heterocycles. The van der Waals surface area contributed by atoms with Crippen LogP contribution in [-0.2, 0) is 13.2 Å². The first-order chi connectivity index (χ1) is 15.7. The summed E-state index contributed by atoms with van der Waals surface area (Å²) in [6.07, 6.45) is 8.21. The highest BCUT2D eigenvalue weighted by Crippen LogP contribution is 2.66. The molecule has 4 fully saturated rings. The van der Waals surface area contributed by atoms with Crippen molar-refractivity contribution in [3.63, 3.8) is 0 Å². The smallest absolute Gasteiger partial charge is 0.175 e. The molecule has 4 aliphatic rings. The van der Waals surface area contributed by atoms with E-state index in [1.807, 2.05) is 31.2 Å². The van der Waals surface area contributed by atoms with Crippen molar-refractivity contribution in [3.8, 4) is 11.5 Å². The van der Waals surface area contributed by atoms with Crippen molar-refractivity contribution in [3.05, 3.63) is 57.0 Å². The zero-order valence-electron chi connectivity index (χ0n) is 20.0. The largest absolute Gasteiger partial charge is 0.490 e. The molecule has 1 N–H and O–H groups in total. The summed E-state index contributed by atoms with van der Waals surface area (Å²) in [6.45, 7) is 9.00. The molecule has 2 aromatic carbocycles. The minimum Gasteiger partial charge on any atom is -0.490 e. The lowest BCUT2D eigenvalue weighted by molar-refractivity contribution is -0.118. The van der Waals surface area contributed by atoms with E-state index in [0.717, 1.165) is 39.0 Å². The molecule has 178 valence electrons. The van der Waals surface area contributed by atoms with Crippen LogP contribution in [0.15, 0.2) is 40.9 Å². The fourth-order valence-corrected chi connectivity index (χ4v) is 8.53. The molecular formula is C28H35BrClNO2. The van der Waals surface area contributed by atoms with Gasteiger partial charge in [-0.3, -0.25) is 0 Å². The third-order valence-corrected chi connectivity index (χ3v) is 8.80. The Morgan fingerprint density at radius 1 is 0.970 bits per heavy atom. The molecule has 0 aromatic heterocycles. The molecule has 6 rings (SSSR count). The topological polar surface area (TPSA) is 30.5 Å². The first kappa shape index (κ1) is 23.5. The van der Waals surface area contributed by atoms with Crippen molar-refractivity contribution >= 4 is 27.5 Å². The predicted octanol–water partition coefficient (Wildman–Crippen LogP) is 7.92. The van der Waals surface area contributed by atoms with Gasteiger partial charge in [-0.1, -0.05) is 37.6 Å². The molecular weight excluding hydrogens is 498 g/mol. The number of ether oxygens (including phenoxy) is 2. The minimum atomic E-state index is 0.283. The number of hydrogen-bond donors (Lipinski definition) is 1. The number of nitrogens with one attached hydrogen (secondary N) is 1. The van der Waals surface area contributed by atoms with Gasteiger partial charge in [-0.2, -0.15) is 0 Å². The maximum absolute atomic E-state index is 6.17. The molecule has 33 heavy (non-hydrogen) atoms. The standard InChI is InChI=1S/C28H35BrClNO2/c1-4-32-24-10-20(9-23(29)25(24)33-15-19-5-7-22(30)8-6-19)14-31-28-13-21-11-26(2,17-28)16-27(3,12-21)18-28/h5-10,21,31H,4,11-18H2,1-3H3/t21?,26-,27+,28?. The van der Waals surface area contributed by atoms with Gasteiger partial charge in [0, 0.05) is 17.1 Å². The van der Waals surface area contributed by atoms with Crippen LogP contribution >= 0.6 is 27.5 Å². The average molecular weight is 533 g/mol. The van der Waals surface area contributed by atoms with E-state index in [0.29, 0.717) is 24.0 Å². The maximum atomic E-state index is 6.17. The van der Waals surface area contributed by atoms with Crippen LogP contribution in [0.3, 0.4) is 0 Å². The van der Waals surface area contributed by atoms with Gasteiger partial charge in [0.05, 0.1) is 11.1 Å². The van der Waals surface area contributed by atoms with Crippen LogP contribution in [0.1, 0.15) is 70.4 Å². The molecule has 0 aliphatic heterocycles. The lowest BCUT2D eigenvalue weighted by Crippen LogP contribution is -2.63. The molecule has 4 aliphatic carbocycles. The van der Waals surface area contributed by atoms with Gasteiger partial charge >= 0.3 is 0 Å². The van der Waals surface area contributed by atoms with Crippen LogP contribution < -0.4 is 14.8 Å². The third-order valence-electron chi connectivity index (χ3n) is 7.96.